The van der Waals surface area contributed by atoms with Gasteiger partial charge in [0.25, 0.3) is 4.84 Å². The van der Waals surface area contributed by atoms with Gasteiger partial charge >= 0.3 is 5.97 Å². The summed E-state index contributed by atoms with van der Waals surface area (Å²) < 4.78 is 40.0. The predicted octanol–water partition coefficient (Wildman–Crippen LogP) is 1.81. The van der Waals surface area contributed by atoms with Crippen molar-refractivity contribution in [1.29, 1.82) is 0 Å². The molecule has 2 atom stereocenters. The minimum Gasteiger partial charge on any atom is -0.466 e. The van der Waals surface area contributed by atoms with Crippen molar-refractivity contribution in [2.24, 2.45) is 5.92 Å². The summed E-state index contributed by atoms with van der Waals surface area (Å²) in [4.78, 5) is 13.9. The van der Waals surface area contributed by atoms with E-state index in [9.17, 15) is 13.2 Å². The van der Waals surface area contributed by atoms with Gasteiger partial charge in [0.2, 0.25) is 10.0 Å². The average Bonchev–Trinajstić information content (AvgIpc) is 3.03. The van der Waals surface area contributed by atoms with Crippen molar-refractivity contribution in [3.63, 3.8) is 0 Å². The third-order valence-corrected chi connectivity index (χ3v) is 7.95. The van der Waals surface area contributed by atoms with Gasteiger partial charge in [-0.25, -0.2) is 8.42 Å². The van der Waals surface area contributed by atoms with Crippen LogP contribution in [0.2, 0.25) is 0 Å². The van der Waals surface area contributed by atoms with Gasteiger partial charge in [0.05, 0.1) is 30.1 Å². The minimum atomic E-state index is -3.58. The number of fused-ring (bicyclic) bond motifs is 1. The Kier molecular flexibility index (Phi) is 7.33. The zero-order valence-electron chi connectivity index (χ0n) is 17.7. The van der Waals surface area contributed by atoms with Crippen molar-refractivity contribution >= 4 is 39.3 Å². The molecule has 1 aliphatic rings. The zero-order valence-corrected chi connectivity index (χ0v) is 19.4. The molecule has 0 spiro atoms. The summed E-state index contributed by atoms with van der Waals surface area (Å²) >= 11 is 5.41. The SMILES string of the molecule is CCOC(=O)[C@@H]1CCC[NH+](Cn2c(=S)oc3ccc(S(=O)(=O)N(CC)CC)cc32)C1. The third kappa shape index (κ3) is 4.61. The Labute approximate surface area is 182 Å². The number of carbonyl (C=O) groups is 1. The molecule has 1 aliphatic heterocycles. The summed E-state index contributed by atoms with van der Waals surface area (Å²) in [6.07, 6.45) is 1.75. The van der Waals surface area contributed by atoms with Crippen LogP contribution in [0.1, 0.15) is 33.6 Å². The van der Waals surface area contributed by atoms with E-state index in [-0.39, 0.29) is 16.8 Å². The molecule has 0 saturated carbocycles. The number of quaternary nitrogens is 1. The number of benzene rings is 1. The molecule has 8 nitrogen and oxygen atoms in total. The van der Waals surface area contributed by atoms with Crippen LogP contribution in [-0.2, 0) is 26.2 Å². The van der Waals surface area contributed by atoms with Gasteiger partial charge in [-0.15, -0.1) is 0 Å². The lowest BCUT2D eigenvalue weighted by Crippen LogP contribution is -3.13. The number of esters is 1. The summed E-state index contributed by atoms with van der Waals surface area (Å²) in [5.74, 6) is -0.275. The molecule has 0 radical (unpaired) electrons. The number of aromatic nitrogens is 1. The third-order valence-electron chi connectivity index (χ3n) is 5.60. The number of carbonyl (C=O) groups excluding carboxylic acids is 1. The van der Waals surface area contributed by atoms with E-state index in [4.69, 9.17) is 21.4 Å². The van der Waals surface area contributed by atoms with Crippen molar-refractivity contribution < 1.29 is 27.3 Å². The first-order chi connectivity index (χ1) is 14.3. The number of oxazole rings is 1. The van der Waals surface area contributed by atoms with E-state index in [1.807, 2.05) is 25.3 Å². The summed E-state index contributed by atoms with van der Waals surface area (Å²) in [6, 6.07) is 4.85. The number of ether oxygens (including phenoxy) is 1. The highest BCUT2D eigenvalue weighted by Gasteiger charge is 2.30. The van der Waals surface area contributed by atoms with Gasteiger partial charge in [0.15, 0.2) is 12.3 Å². The topological polar surface area (TPSA) is 86.2 Å². The number of sulfonamides is 1. The molecule has 1 unspecified atom stereocenters. The molecular formula is C20H30N3O5S2+. The van der Waals surface area contributed by atoms with Gasteiger partial charge in [0.1, 0.15) is 5.92 Å². The normalized spacial score (nSPS) is 20.0. The van der Waals surface area contributed by atoms with Crippen LogP contribution >= 0.6 is 12.2 Å². The Morgan fingerprint density at radius 1 is 1.33 bits per heavy atom. The second kappa shape index (κ2) is 9.59. The van der Waals surface area contributed by atoms with Crippen molar-refractivity contribution in [2.75, 3.05) is 32.8 Å². The molecule has 2 aromatic rings. The van der Waals surface area contributed by atoms with Gasteiger partial charge in [-0.2, -0.15) is 4.31 Å². The van der Waals surface area contributed by atoms with Gasteiger partial charge in [-0.05, 0) is 50.2 Å². The molecule has 3 rings (SSSR count). The number of nitrogens with zero attached hydrogens (tertiary/aromatic N) is 2. The molecule has 0 bridgehead atoms. The van der Waals surface area contributed by atoms with Gasteiger partial charge in [0, 0.05) is 13.1 Å². The molecule has 1 aromatic heterocycles. The zero-order chi connectivity index (χ0) is 21.9. The highest BCUT2D eigenvalue weighted by molar-refractivity contribution is 7.89. The molecule has 1 saturated heterocycles. The number of rotatable bonds is 8. The van der Waals surface area contributed by atoms with Crippen molar-refractivity contribution in [3.8, 4) is 0 Å². The van der Waals surface area contributed by atoms with Crippen LogP contribution < -0.4 is 4.90 Å². The van der Waals surface area contributed by atoms with E-state index in [0.717, 1.165) is 19.4 Å². The van der Waals surface area contributed by atoms with Crippen LogP contribution in [0.4, 0.5) is 0 Å². The van der Waals surface area contributed by atoms with Gasteiger partial charge in [-0.3, -0.25) is 9.36 Å². The fraction of sp³-hybridized carbons (Fsp3) is 0.600. The second-order valence-electron chi connectivity index (χ2n) is 7.47. The number of nitrogens with one attached hydrogen (secondary N) is 1. The summed E-state index contributed by atoms with van der Waals surface area (Å²) in [5.41, 5.74) is 1.20. The molecule has 0 aliphatic carbocycles. The number of hydrogen-bond acceptors (Lipinski definition) is 6. The Morgan fingerprint density at radius 2 is 2.07 bits per heavy atom. The van der Waals surface area contributed by atoms with Crippen molar-refractivity contribution in [3.05, 3.63) is 23.0 Å². The van der Waals surface area contributed by atoms with Crippen LogP contribution in [-0.4, -0.2) is 56.0 Å². The Morgan fingerprint density at radius 3 is 2.73 bits per heavy atom. The summed E-state index contributed by atoms with van der Waals surface area (Å²) in [5, 5.41) is 0. The molecule has 0 amide bonds. The lowest BCUT2D eigenvalue weighted by Gasteiger charge is -2.28. The van der Waals surface area contributed by atoms with E-state index in [1.54, 1.807) is 18.2 Å². The van der Waals surface area contributed by atoms with Crippen LogP contribution in [0.3, 0.4) is 0 Å². The first-order valence-electron chi connectivity index (χ1n) is 10.5. The number of hydrogen-bond donors (Lipinski definition) is 1. The van der Waals surface area contributed by atoms with E-state index >= 15 is 0 Å². The number of likely N-dealkylation sites (tertiary alicyclic amines) is 1. The summed E-state index contributed by atoms with van der Waals surface area (Å²) in [6.45, 7) is 8.71. The maximum Gasteiger partial charge on any atom is 0.314 e. The molecule has 2 heterocycles. The Bertz CT molecular complexity index is 1060. The van der Waals surface area contributed by atoms with Gasteiger partial charge in [-0.1, -0.05) is 13.8 Å². The molecule has 10 heteroatoms. The van der Waals surface area contributed by atoms with E-state index in [1.165, 1.54) is 9.21 Å². The van der Waals surface area contributed by atoms with Crippen LogP contribution in [0.25, 0.3) is 11.1 Å². The van der Waals surface area contributed by atoms with Crippen LogP contribution in [0.15, 0.2) is 27.5 Å². The number of piperidine rings is 1. The fourth-order valence-corrected chi connectivity index (χ4v) is 5.78. The predicted molar refractivity (Wildman–Crippen MR) is 115 cm³/mol. The quantitative estimate of drug-likeness (QED) is 0.482. The standard InChI is InChI=1S/C20H29N3O5S2/c1-4-22(5-2)30(25,26)16-9-10-18-17(12-16)23(20(29)28-18)14-21-11-7-8-15(13-21)19(24)27-6-3/h9-10,12,15H,4-8,11,13-14H2,1-3H3/p+1/t15-/m1/s1. The van der Waals surface area contributed by atoms with E-state index in [2.05, 4.69) is 0 Å². The minimum absolute atomic E-state index is 0.125. The van der Waals surface area contributed by atoms with Crippen LogP contribution in [0.5, 0.6) is 0 Å². The smallest absolute Gasteiger partial charge is 0.314 e. The molecule has 1 aromatic carbocycles. The molecule has 1 fully saturated rings. The van der Waals surface area contributed by atoms with E-state index < -0.39 is 10.0 Å². The maximum atomic E-state index is 12.9. The lowest BCUT2D eigenvalue weighted by molar-refractivity contribution is -0.929. The molecule has 30 heavy (non-hydrogen) atoms. The van der Waals surface area contributed by atoms with Crippen LogP contribution in [0, 0.1) is 10.8 Å². The molecule has 166 valence electrons. The Hall–Kier alpha value is -1.75. The summed E-state index contributed by atoms with van der Waals surface area (Å²) in [7, 11) is -3.58. The first kappa shape index (κ1) is 22.9. The Balaban J connectivity index is 1.90. The maximum absolute atomic E-state index is 12.9. The van der Waals surface area contributed by atoms with Crippen molar-refractivity contribution in [2.45, 2.75) is 45.2 Å². The fourth-order valence-electron chi connectivity index (χ4n) is 4.04. The lowest BCUT2D eigenvalue weighted by atomic mass is 9.98. The average molecular weight is 457 g/mol. The highest BCUT2D eigenvalue weighted by Crippen LogP contribution is 2.23. The largest absolute Gasteiger partial charge is 0.466 e. The first-order valence-corrected chi connectivity index (χ1v) is 12.3. The van der Waals surface area contributed by atoms with Gasteiger partial charge < -0.3 is 14.1 Å². The monoisotopic (exact) mass is 456 g/mol. The van der Waals surface area contributed by atoms with E-state index in [0.29, 0.717) is 48.8 Å². The molecule has 1 N–H and O–H groups in total. The second-order valence-corrected chi connectivity index (χ2v) is 9.76. The highest BCUT2D eigenvalue weighted by atomic mass is 32.2. The molecular weight excluding hydrogens is 426 g/mol. The van der Waals surface area contributed by atoms with Crippen molar-refractivity contribution in [1.82, 2.24) is 8.87 Å².